The number of nitriles is 1. The number of carbonyl (C=O) groups excluding carboxylic acids is 1. The second-order valence-corrected chi connectivity index (χ2v) is 3.85. The monoisotopic (exact) mass is 237 g/mol. The molecule has 0 aliphatic heterocycles. The Morgan fingerprint density at radius 2 is 1.94 bits per heavy atom. The van der Waals surface area contributed by atoms with E-state index >= 15 is 0 Å². The summed E-state index contributed by atoms with van der Waals surface area (Å²) in [6, 6.07) is 14.4. The number of ether oxygens (including phenoxy) is 1. The van der Waals surface area contributed by atoms with Crippen LogP contribution in [-0.2, 0) is 0 Å². The molecule has 0 bridgehead atoms. The van der Waals surface area contributed by atoms with E-state index in [1.807, 2.05) is 37.3 Å². The molecule has 0 N–H and O–H groups in total. The summed E-state index contributed by atoms with van der Waals surface area (Å²) in [5.41, 5.74) is 1.80. The van der Waals surface area contributed by atoms with Crippen molar-refractivity contribution in [3.8, 4) is 17.6 Å². The van der Waals surface area contributed by atoms with E-state index in [2.05, 4.69) is 0 Å². The van der Waals surface area contributed by atoms with Gasteiger partial charge in [0.15, 0.2) is 0 Å². The molecule has 0 aliphatic carbocycles. The van der Waals surface area contributed by atoms with E-state index in [1.165, 1.54) is 6.07 Å². The van der Waals surface area contributed by atoms with Crippen molar-refractivity contribution in [2.24, 2.45) is 0 Å². The van der Waals surface area contributed by atoms with Crippen molar-refractivity contribution in [2.75, 3.05) is 0 Å². The Bertz CT molecular complexity index is 627. The first-order valence-electron chi connectivity index (χ1n) is 5.47. The normalized spacial score (nSPS) is 9.56. The van der Waals surface area contributed by atoms with E-state index in [0.717, 1.165) is 5.56 Å². The topological polar surface area (TPSA) is 50.1 Å². The van der Waals surface area contributed by atoms with E-state index in [0.29, 0.717) is 28.9 Å². The number of aryl methyl sites for hydroxylation is 1. The molecule has 0 radical (unpaired) electrons. The zero-order valence-corrected chi connectivity index (χ0v) is 9.88. The molecule has 3 nitrogen and oxygen atoms in total. The van der Waals surface area contributed by atoms with Gasteiger partial charge in [0.2, 0.25) is 0 Å². The van der Waals surface area contributed by atoms with Crippen molar-refractivity contribution in [3.05, 3.63) is 59.2 Å². The third-order valence-corrected chi connectivity index (χ3v) is 2.57. The van der Waals surface area contributed by atoms with Gasteiger partial charge in [-0.15, -0.1) is 0 Å². The average molecular weight is 237 g/mol. The maximum absolute atomic E-state index is 10.6. The highest BCUT2D eigenvalue weighted by Crippen LogP contribution is 2.27. The zero-order valence-electron chi connectivity index (χ0n) is 9.88. The second kappa shape index (κ2) is 5.15. The fraction of sp³-hybridized carbons (Fsp3) is 0.0667. The lowest BCUT2D eigenvalue weighted by molar-refractivity contribution is 0.112. The van der Waals surface area contributed by atoms with Crippen LogP contribution in [0.2, 0.25) is 0 Å². The first-order chi connectivity index (χ1) is 8.74. The molecule has 0 fully saturated rings. The summed E-state index contributed by atoms with van der Waals surface area (Å²) < 4.78 is 5.69. The molecule has 0 heterocycles. The number of hydrogen-bond acceptors (Lipinski definition) is 3. The Hall–Kier alpha value is -2.60. The Morgan fingerprint density at radius 1 is 1.17 bits per heavy atom. The van der Waals surface area contributed by atoms with Crippen LogP contribution >= 0.6 is 0 Å². The maximum atomic E-state index is 10.6. The van der Waals surface area contributed by atoms with Gasteiger partial charge in [0, 0.05) is 5.56 Å². The number of hydrogen-bond donors (Lipinski definition) is 0. The smallest absolute Gasteiger partial charge is 0.150 e. The molecule has 2 rings (SSSR count). The molecule has 0 saturated heterocycles. The number of carbonyl (C=O) groups is 1. The minimum Gasteiger partial charge on any atom is -0.456 e. The molecule has 0 atom stereocenters. The number of aldehydes is 1. The number of para-hydroxylation sites is 1. The molecular formula is C15H11NO2. The van der Waals surface area contributed by atoms with Crippen LogP contribution in [0.5, 0.6) is 11.5 Å². The van der Waals surface area contributed by atoms with Crippen molar-refractivity contribution >= 4 is 6.29 Å². The van der Waals surface area contributed by atoms with Crippen molar-refractivity contribution in [1.82, 2.24) is 0 Å². The van der Waals surface area contributed by atoms with E-state index in [9.17, 15) is 4.79 Å². The largest absolute Gasteiger partial charge is 0.456 e. The van der Waals surface area contributed by atoms with Crippen LogP contribution in [-0.4, -0.2) is 6.29 Å². The van der Waals surface area contributed by atoms with Crippen LogP contribution in [0, 0.1) is 18.3 Å². The summed E-state index contributed by atoms with van der Waals surface area (Å²) >= 11 is 0. The van der Waals surface area contributed by atoms with Gasteiger partial charge >= 0.3 is 0 Å². The molecule has 0 aromatic heterocycles. The van der Waals surface area contributed by atoms with Crippen LogP contribution in [0.25, 0.3) is 0 Å². The van der Waals surface area contributed by atoms with E-state index in [-0.39, 0.29) is 0 Å². The zero-order chi connectivity index (χ0) is 13.0. The van der Waals surface area contributed by atoms with Crippen molar-refractivity contribution in [2.45, 2.75) is 6.92 Å². The van der Waals surface area contributed by atoms with E-state index in [4.69, 9.17) is 10.00 Å². The van der Waals surface area contributed by atoms with Gasteiger partial charge in [-0.05, 0) is 36.8 Å². The SMILES string of the molecule is Cc1ccccc1Oc1ccc(C=O)cc1C#N. The fourth-order valence-electron chi connectivity index (χ4n) is 1.59. The van der Waals surface area contributed by atoms with Crippen LogP contribution in [0.1, 0.15) is 21.5 Å². The van der Waals surface area contributed by atoms with Gasteiger partial charge in [0.1, 0.15) is 23.9 Å². The molecule has 0 aliphatic rings. The molecule has 0 amide bonds. The summed E-state index contributed by atoms with van der Waals surface area (Å²) in [5, 5.41) is 9.04. The molecule has 3 heteroatoms. The van der Waals surface area contributed by atoms with Crippen LogP contribution < -0.4 is 4.74 Å². The molecule has 0 spiro atoms. The first-order valence-corrected chi connectivity index (χ1v) is 5.47. The van der Waals surface area contributed by atoms with Crippen molar-refractivity contribution in [1.29, 1.82) is 5.26 Å². The highest BCUT2D eigenvalue weighted by Gasteiger charge is 2.07. The van der Waals surface area contributed by atoms with Gasteiger partial charge in [-0.25, -0.2) is 0 Å². The molecule has 18 heavy (non-hydrogen) atoms. The summed E-state index contributed by atoms with van der Waals surface area (Å²) in [4.78, 5) is 10.6. The van der Waals surface area contributed by atoms with Crippen molar-refractivity contribution < 1.29 is 9.53 Å². The third-order valence-electron chi connectivity index (χ3n) is 2.57. The van der Waals surface area contributed by atoms with Gasteiger partial charge < -0.3 is 4.74 Å². The van der Waals surface area contributed by atoms with E-state index < -0.39 is 0 Å². The maximum Gasteiger partial charge on any atom is 0.150 e. The fourth-order valence-corrected chi connectivity index (χ4v) is 1.59. The van der Waals surface area contributed by atoms with Crippen LogP contribution in [0.4, 0.5) is 0 Å². The Kier molecular flexibility index (Phi) is 3.40. The first kappa shape index (κ1) is 11.9. The van der Waals surface area contributed by atoms with E-state index in [1.54, 1.807) is 12.1 Å². The van der Waals surface area contributed by atoms with Gasteiger partial charge in [0.25, 0.3) is 0 Å². The van der Waals surface area contributed by atoms with Crippen molar-refractivity contribution in [3.63, 3.8) is 0 Å². The lowest BCUT2D eigenvalue weighted by atomic mass is 10.1. The lowest BCUT2D eigenvalue weighted by Gasteiger charge is -2.09. The Balaban J connectivity index is 2.38. The summed E-state index contributed by atoms with van der Waals surface area (Å²) in [5.74, 6) is 1.16. The minimum atomic E-state index is 0.350. The predicted molar refractivity (Wildman–Crippen MR) is 67.8 cm³/mol. The summed E-state index contributed by atoms with van der Waals surface area (Å²) in [7, 11) is 0. The average Bonchev–Trinajstić information content (AvgIpc) is 2.41. The minimum absolute atomic E-state index is 0.350. The lowest BCUT2D eigenvalue weighted by Crippen LogP contribution is -1.92. The highest BCUT2D eigenvalue weighted by atomic mass is 16.5. The van der Waals surface area contributed by atoms with Gasteiger partial charge in [-0.3, -0.25) is 4.79 Å². The third kappa shape index (κ3) is 2.38. The molecule has 2 aromatic carbocycles. The standard InChI is InChI=1S/C15H11NO2/c1-11-4-2-3-5-14(11)18-15-7-6-12(10-17)8-13(15)9-16/h2-8,10H,1H3. The van der Waals surface area contributed by atoms with Gasteiger partial charge in [0.05, 0.1) is 5.56 Å². The summed E-state index contributed by atoms with van der Waals surface area (Å²) in [6.45, 7) is 1.93. The van der Waals surface area contributed by atoms with Crippen LogP contribution in [0.15, 0.2) is 42.5 Å². The molecule has 0 unspecified atom stereocenters. The number of nitrogens with zero attached hydrogens (tertiary/aromatic N) is 1. The van der Waals surface area contributed by atoms with Gasteiger partial charge in [-0.2, -0.15) is 5.26 Å². The van der Waals surface area contributed by atoms with Gasteiger partial charge in [-0.1, -0.05) is 18.2 Å². The number of benzene rings is 2. The highest BCUT2D eigenvalue weighted by molar-refractivity contribution is 5.76. The molecular weight excluding hydrogens is 226 g/mol. The molecule has 2 aromatic rings. The second-order valence-electron chi connectivity index (χ2n) is 3.85. The predicted octanol–water partition coefficient (Wildman–Crippen LogP) is 3.47. The van der Waals surface area contributed by atoms with Crippen LogP contribution in [0.3, 0.4) is 0 Å². The molecule has 88 valence electrons. The summed E-state index contributed by atoms with van der Waals surface area (Å²) in [6.07, 6.45) is 0.707. The number of rotatable bonds is 3. The molecule has 0 saturated carbocycles. The Morgan fingerprint density at radius 3 is 2.61 bits per heavy atom. The Labute approximate surface area is 105 Å². The quantitative estimate of drug-likeness (QED) is 0.768.